The van der Waals surface area contributed by atoms with Crippen molar-refractivity contribution in [2.24, 2.45) is 0 Å². The highest BCUT2D eigenvalue weighted by Crippen LogP contribution is 2.27. The number of aryl methyl sites for hydroxylation is 1. The maximum absolute atomic E-state index is 12.5. The molecule has 4 rings (SSSR count). The lowest BCUT2D eigenvalue weighted by molar-refractivity contribution is -0.121. The Labute approximate surface area is 173 Å². The molecule has 1 aliphatic rings. The van der Waals surface area contributed by atoms with Crippen LogP contribution >= 0.6 is 11.6 Å². The fourth-order valence-corrected chi connectivity index (χ4v) is 3.62. The van der Waals surface area contributed by atoms with Crippen LogP contribution in [0.15, 0.2) is 48.5 Å². The molecule has 0 saturated heterocycles. The topological polar surface area (TPSA) is 64.4 Å². The monoisotopic (exact) mass is 409 g/mol. The molecule has 0 aliphatic carbocycles. The summed E-state index contributed by atoms with van der Waals surface area (Å²) in [6.45, 7) is 4.04. The van der Waals surface area contributed by atoms with Crippen LogP contribution in [0.4, 0.5) is 5.69 Å². The van der Waals surface area contributed by atoms with Gasteiger partial charge in [0.05, 0.1) is 27.7 Å². The van der Waals surface area contributed by atoms with Crippen LogP contribution in [0, 0.1) is 13.8 Å². The fourth-order valence-electron chi connectivity index (χ4n) is 3.50. The summed E-state index contributed by atoms with van der Waals surface area (Å²) >= 11 is 6.19. The second-order valence-corrected chi connectivity index (χ2v) is 7.32. The van der Waals surface area contributed by atoms with Gasteiger partial charge in [-0.1, -0.05) is 29.8 Å². The number of amides is 1. The van der Waals surface area contributed by atoms with E-state index in [-0.39, 0.29) is 12.5 Å². The van der Waals surface area contributed by atoms with Gasteiger partial charge in [-0.05, 0) is 56.2 Å². The largest absolute Gasteiger partial charge is 0.452 e. The predicted molar refractivity (Wildman–Crippen MR) is 111 cm³/mol. The number of carbonyl (C=O) groups excluding carboxylic acids is 2. The Morgan fingerprint density at radius 1 is 1.10 bits per heavy atom. The second-order valence-electron chi connectivity index (χ2n) is 6.94. The van der Waals surface area contributed by atoms with Crippen molar-refractivity contribution in [2.45, 2.75) is 20.3 Å². The van der Waals surface area contributed by atoms with E-state index in [1.165, 1.54) is 0 Å². The highest BCUT2D eigenvalue weighted by atomic mass is 35.5. The van der Waals surface area contributed by atoms with Crippen molar-refractivity contribution in [1.82, 2.24) is 9.78 Å². The zero-order valence-corrected chi connectivity index (χ0v) is 16.9. The van der Waals surface area contributed by atoms with E-state index in [0.717, 1.165) is 34.7 Å². The molecule has 1 aromatic heterocycles. The first-order chi connectivity index (χ1) is 14.0. The first kappa shape index (κ1) is 19.2. The number of para-hydroxylation sites is 1. The maximum Gasteiger partial charge on any atom is 0.338 e. The Hall–Kier alpha value is -3.12. The minimum atomic E-state index is -0.538. The van der Waals surface area contributed by atoms with Gasteiger partial charge in [0.1, 0.15) is 0 Å². The van der Waals surface area contributed by atoms with E-state index in [1.807, 2.05) is 38.1 Å². The molecule has 0 radical (unpaired) electrons. The molecule has 3 aromatic rings. The molecule has 0 bridgehead atoms. The number of benzene rings is 2. The summed E-state index contributed by atoms with van der Waals surface area (Å²) in [5.74, 6) is -0.763. The normalized spacial score (nSPS) is 12.7. The van der Waals surface area contributed by atoms with Crippen molar-refractivity contribution >= 4 is 29.2 Å². The predicted octanol–water partition coefficient (Wildman–Crippen LogP) is 3.89. The quantitative estimate of drug-likeness (QED) is 0.613. The summed E-state index contributed by atoms with van der Waals surface area (Å²) in [6.07, 6.45) is 0.813. The minimum Gasteiger partial charge on any atom is -0.452 e. The van der Waals surface area contributed by atoms with Crippen LogP contribution in [0.3, 0.4) is 0 Å². The molecule has 148 valence electrons. The number of hydrogen-bond donors (Lipinski definition) is 0. The lowest BCUT2D eigenvalue weighted by Crippen LogP contribution is -2.33. The number of carbonyl (C=O) groups is 2. The summed E-state index contributed by atoms with van der Waals surface area (Å²) in [5, 5.41) is 5.02. The third kappa shape index (κ3) is 3.63. The molecule has 7 heteroatoms. The van der Waals surface area contributed by atoms with Crippen molar-refractivity contribution in [2.75, 3.05) is 18.1 Å². The average molecular weight is 410 g/mol. The molecule has 0 unspecified atom stereocenters. The SMILES string of the molecule is Cc1nn(-c2ccc(C(=O)OCC(=O)N3CCc4ccccc43)cc2)c(C)c1Cl. The molecule has 2 heterocycles. The van der Waals surface area contributed by atoms with Gasteiger partial charge in [-0.15, -0.1) is 0 Å². The van der Waals surface area contributed by atoms with Crippen LogP contribution in [0.25, 0.3) is 5.69 Å². The summed E-state index contributed by atoms with van der Waals surface area (Å²) in [7, 11) is 0. The van der Waals surface area contributed by atoms with E-state index >= 15 is 0 Å². The molecule has 29 heavy (non-hydrogen) atoms. The van der Waals surface area contributed by atoms with Gasteiger partial charge in [0, 0.05) is 12.2 Å². The standard InChI is InChI=1S/C22H20ClN3O3/c1-14-21(23)15(2)26(24-14)18-9-7-17(8-10-18)22(28)29-13-20(27)25-12-11-16-5-3-4-6-19(16)25/h3-10H,11-13H2,1-2H3. The van der Waals surface area contributed by atoms with Gasteiger partial charge >= 0.3 is 5.97 Å². The van der Waals surface area contributed by atoms with Gasteiger partial charge in [-0.25, -0.2) is 9.48 Å². The zero-order chi connectivity index (χ0) is 20.5. The lowest BCUT2D eigenvalue weighted by atomic mass is 10.2. The van der Waals surface area contributed by atoms with Crippen molar-refractivity contribution in [3.63, 3.8) is 0 Å². The Morgan fingerprint density at radius 3 is 2.52 bits per heavy atom. The summed E-state index contributed by atoms with van der Waals surface area (Å²) in [6, 6.07) is 14.6. The van der Waals surface area contributed by atoms with E-state index in [1.54, 1.807) is 33.8 Å². The number of esters is 1. The lowest BCUT2D eigenvalue weighted by Gasteiger charge is -2.17. The highest BCUT2D eigenvalue weighted by Gasteiger charge is 2.25. The number of halogens is 1. The Morgan fingerprint density at radius 2 is 1.83 bits per heavy atom. The van der Waals surface area contributed by atoms with Gasteiger partial charge in [-0.2, -0.15) is 5.10 Å². The number of ether oxygens (including phenoxy) is 1. The first-order valence-electron chi connectivity index (χ1n) is 9.33. The average Bonchev–Trinajstić information content (AvgIpc) is 3.28. The summed E-state index contributed by atoms with van der Waals surface area (Å²) in [4.78, 5) is 26.5. The van der Waals surface area contributed by atoms with Crippen LogP contribution in [0.1, 0.15) is 27.3 Å². The van der Waals surface area contributed by atoms with Crippen molar-refractivity contribution < 1.29 is 14.3 Å². The molecular formula is C22H20ClN3O3. The molecule has 2 aromatic carbocycles. The van der Waals surface area contributed by atoms with Gasteiger partial charge < -0.3 is 9.64 Å². The van der Waals surface area contributed by atoms with Gasteiger partial charge in [-0.3, -0.25) is 4.79 Å². The molecule has 0 saturated carbocycles. The molecule has 6 nitrogen and oxygen atoms in total. The van der Waals surface area contributed by atoms with Crippen LogP contribution in [0.2, 0.25) is 5.02 Å². The second kappa shape index (κ2) is 7.72. The highest BCUT2D eigenvalue weighted by molar-refractivity contribution is 6.31. The van der Waals surface area contributed by atoms with Crippen LogP contribution in [-0.4, -0.2) is 34.8 Å². The molecule has 0 atom stereocenters. The maximum atomic E-state index is 12.5. The van der Waals surface area contributed by atoms with Crippen molar-refractivity contribution in [1.29, 1.82) is 0 Å². The molecular weight excluding hydrogens is 390 g/mol. The van der Waals surface area contributed by atoms with Crippen molar-refractivity contribution in [3.05, 3.63) is 76.1 Å². The van der Waals surface area contributed by atoms with Crippen molar-refractivity contribution in [3.8, 4) is 5.69 Å². The number of anilines is 1. The Kier molecular flexibility index (Phi) is 5.11. The van der Waals surface area contributed by atoms with E-state index < -0.39 is 5.97 Å². The number of rotatable bonds is 4. The Bertz CT molecular complexity index is 1090. The van der Waals surface area contributed by atoms with E-state index in [4.69, 9.17) is 16.3 Å². The molecule has 1 amide bonds. The molecule has 0 spiro atoms. The van der Waals surface area contributed by atoms with Crippen LogP contribution in [-0.2, 0) is 16.0 Å². The van der Waals surface area contributed by atoms with Gasteiger partial charge in [0.15, 0.2) is 6.61 Å². The van der Waals surface area contributed by atoms with Crippen LogP contribution in [0.5, 0.6) is 0 Å². The third-order valence-electron chi connectivity index (χ3n) is 5.07. The smallest absolute Gasteiger partial charge is 0.338 e. The van der Waals surface area contributed by atoms with E-state index in [2.05, 4.69) is 5.10 Å². The number of fused-ring (bicyclic) bond motifs is 1. The van der Waals surface area contributed by atoms with E-state index in [0.29, 0.717) is 17.1 Å². The number of aromatic nitrogens is 2. The first-order valence-corrected chi connectivity index (χ1v) is 9.71. The minimum absolute atomic E-state index is 0.225. The van der Waals surface area contributed by atoms with Gasteiger partial charge in [0.2, 0.25) is 0 Å². The van der Waals surface area contributed by atoms with E-state index in [9.17, 15) is 9.59 Å². The third-order valence-corrected chi connectivity index (χ3v) is 5.61. The molecule has 0 fully saturated rings. The fraction of sp³-hybridized carbons (Fsp3) is 0.227. The Balaban J connectivity index is 1.40. The zero-order valence-electron chi connectivity index (χ0n) is 16.2. The van der Waals surface area contributed by atoms with Crippen LogP contribution < -0.4 is 4.90 Å². The summed E-state index contributed by atoms with van der Waals surface area (Å²) in [5.41, 5.74) is 4.76. The molecule has 1 aliphatic heterocycles. The van der Waals surface area contributed by atoms with Gasteiger partial charge in [0.25, 0.3) is 5.91 Å². The number of nitrogens with zero attached hydrogens (tertiary/aromatic N) is 3. The molecule has 0 N–H and O–H groups in total. The summed E-state index contributed by atoms with van der Waals surface area (Å²) < 4.78 is 6.96. The number of hydrogen-bond acceptors (Lipinski definition) is 4.